The van der Waals surface area contributed by atoms with E-state index in [0.717, 1.165) is 17.1 Å². The molecule has 2 heterocycles. The van der Waals surface area contributed by atoms with E-state index in [1.807, 2.05) is 143 Å². The van der Waals surface area contributed by atoms with Crippen LogP contribution in [0.15, 0.2) is 176 Å². The maximum absolute atomic E-state index is 3.98. The highest BCUT2D eigenvalue weighted by molar-refractivity contribution is 5.85. The average molecular weight is 826 g/mol. The van der Waals surface area contributed by atoms with Gasteiger partial charge in [-0.1, -0.05) is 185 Å². The van der Waals surface area contributed by atoms with Gasteiger partial charge in [0.1, 0.15) is 5.82 Å². The second kappa shape index (κ2) is 33.3. The van der Waals surface area contributed by atoms with E-state index in [-0.39, 0.29) is 5.41 Å². The Morgan fingerprint density at radius 2 is 1.06 bits per heavy atom. The van der Waals surface area contributed by atoms with E-state index in [2.05, 4.69) is 169 Å². The minimum atomic E-state index is 0.189. The van der Waals surface area contributed by atoms with Crippen molar-refractivity contribution in [1.29, 1.82) is 0 Å². The zero-order chi connectivity index (χ0) is 46.7. The molecule has 7 rings (SSSR count). The smallest absolute Gasteiger partial charge is 0.105 e. The molecule has 0 aliphatic rings. The summed E-state index contributed by atoms with van der Waals surface area (Å²) in [5.41, 5.74) is 6.78. The minimum Gasteiger partial charge on any atom is -0.338 e. The molecule has 0 spiro atoms. The average Bonchev–Trinajstić information content (AvgIpc) is 3.61. The van der Waals surface area contributed by atoms with Crippen LogP contribution in [0.2, 0.25) is 0 Å². The zero-order valence-electron chi connectivity index (χ0n) is 40.7. The second-order valence-corrected chi connectivity index (χ2v) is 16.8. The highest BCUT2D eigenvalue weighted by Gasteiger charge is 2.01. The maximum atomic E-state index is 3.98. The van der Waals surface area contributed by atoms with Crippen molar-refractivity contribution in [3.63, 3.8) is 0 Å². The standard InChI is InChI=1S/C11H10.C9H10.C9H8.C7H8.C7H12.C6H7N.C5H8N2.C5H12/c1-9-5-4-7-10-6-2-3-8-11(9)10;2*1-2-6-9-7-4-3-5-8-9;1-7-5-3-2-4-6-7;1-5-6-7(2,3)4;1-6-4-2-3-5-7-6;1-5-6-3-4-7(5)2;1-5(2,3)4/h2-8H,1H3;2-8H,1H3;3-5,7-8H,1H3;2-6H,1H3;1-4H3;2-5H,1H3;3-4H,1-2H3;1-4H3/b;6-2+;;;;;;. The van der Waals surface area contributed by atoms with Crippen molar-refractivity contribution in [2.75, 3.05) is 0 Å². The predicted octanol–water partition coefficient (Wildman–Crippen LogP) is 16.1. The summed E-state index contributed by atoms with van der Waals surface area (Å²) in [4.78, 5) is 7.96. The first-order chi connectivity index (χ1) is 29.4. The maximum Gasteiger partial charge on any atom is 0.105 e. The number of benzene rings is 5. The number of rotatable bonds is 1. The Morgan fingerprint density at radius 3 is 1.42 bits per heavy atom. The molecule has 0 amide bonds. The number of pyridine rings is 1. The monoisotopic (exact) mass is 826 g/mol. The fraction of sp³-hybridized carbons (Fsp3) is 0.288. The van der Waals surface area contributed by atoms with Crippen LogP contribution in [0.4, 0.5) is 0 Å². The van der Waals surface area contributed by atoms with Gasteiger partial charge in [0.15, 0.2) is 0 Å². The Kier molecular flexibility index (Phi) is 29.9. The summed E-state index contributed by atoms with van der Waals surface area (Å²) in [5, 5.41) is 2.68. The van der Waals surface area contributed by atoms with Gasteiger partial charge >= 0.3 is 0 Å². The van der Waals surface area contributed by atoms with E-state index in [9.17, 15) is 0 Å². The SMILES string of the molecule is C/C=C/c1ccccc1.CC#CC(C)(C)C.CC#Cc1ccccc1.CC(C)(C)C.Cc1cccc2ccccc12.Cc1ccccc1.Cc1ccccn1.Cc1nccn1C. The first kappa shape index (κ1) is 55.6. The molecule has 0 bridgehead atoms. The molecule has 326 valence electrons. The summed E-state index contributed by atoms with van der Waals surface area (Å²) in [6.45, 7) is 28.9. The van der Waals surface area contributed by atoms with Crippen LogP contribution < -0.4 is 0 Å². The Balaban J connectivity index is 0.000000693. The lowest BCUT2D eigenvalue weighted by Gasteiger charge is -2.05. The molecule has 0 atom stereocenters. The molecule has 0 radical (unpaired) electrons. The molecule has 3 heteroatoms. The molecule has 0 saturated carbocycles. The summed E-state index contributed by atoms with van der Waals surface area (Å²) >= 11 is 0. The van der Waals surface area contributed by atoms with Gasteiger partial charge in [0.2, 0.25) is 0 Å². The Labute approximate surface area is 378 Å². The summed E-state index contributed by atoms with van der Waals surface area (Å²) < 4.78 is 1.97. The topological polar surface area (TPSA) is 30.7 Å². The zero-order valence-corrected chi connectivity index (χ0v) is 40.7. The summed E-state index contributed by atoms with van der Waals surface area (Å²) in [6.07, 6.45) is 9.62. The van der Waals surface area contributed by atoms with Crippen molar-refractivity contribution < 1.29 is 0 Å². The van der Waals surface area contributed by atoms with Gasteiger partial charge in [-0.15, -0.1) is 11.8 Å². The fourth-order valence-electron chi connectivity index (χ4n) is 4.61. The van der Waals surface area contributed by atoms with E-state index in [1.54, 1.807) is 12.4 Å². The minimum absolute atomic E-state index is 0.189. The fourth-order valence-corrected chi connectivity index (χ4v) is 4.61. The summed E-state index contributed by atoms with van der Waals surface area (Å²) in [5.74, 6) is 12.7. The van der Waals surface area contributed by atoms with E-state index in [4.69, 9.17) is 0 Å². The number of aromatic nitrogens is 3. The van der Waals surface area contributed by atoms with Crippen LogP contribution in [-0.4, -0.2) is 14.5 Å². The number of fused-ring (bicyclic) bond motifs is 1. The van der Waals surface area contributed by atoms with Crippen molar-refractivity contribution in [3.05, 3.63) is 210 Å². The van der Waals surface area contributed by atoms with Crippen LogP contribution >= 0.6 is 0 Å². The van der Waals surface area contributed by atoms with Crippen LogP contribution in [0.3, 0.4) is 0 Å². The Hall–Kier alpha value is -6.42. The molecule has 2 aromatic heterocycles. The molecule has 5 aromatic carbocycles. The van der Waals surface area contributed by atoms with Gasteiger partial charge in [-0.2, -0.15) is 0 Å². The third kappa shape index (κ3) is 33.4. The van der Waals surface area contributed by atoms with Crippen LogP contribution in [0, 0.1) is 62.2 Å². The Bertz CT molecular complexity index is 2220. The number of hydrogen-bond acceptors (Lipinski definition) is 2. The number of imidazole rings is 1. The molecule has 0 saturated heterocycles. The Morgan fingerprint density at radius 1 is 0.548 bits per heavy atom. The van der Waals surface area contributed by atoms with Crippen LogP contribution in [0.5, 0.6) is 0 Å². The quantitative estimate of drug-likeness (QED) is 0.154. The lowest BCUT2D eigenvalue weighted by Crippen LogP contribution is -1.98. The molecule has 7 aromatic rings. The van der Waals surface area contributed by atoms with Crippen LogP contribution in [0.1, 0.15) is 103 Å². The van der Waals surface area contributed by atoms with Gasteiger partial charge in [-0.25, -0.2) is 4.98 Å². The summed E-state index contributed by atoms with van der Waals surface area (Å²) in [7, 11) is 1.97. The van der Waals surface area contributed by atoms with Gasteiger partial charge in [-0.05, 0) is 121 Å². The lowest BCUT2D eigenvalue weighted by atomic mass is 9.98. The highest BCUT2D eigenvalue weighted by atomic mass is 15.0. The molecule has 0 N–H and O–H groups in total. The highest BCUT2D eigenvalue weighted by Crippen LogP contribution is 2.16. The molecule has 3 nitrogen and oxygen atoms in total. The number of nitrogens with zero attached hydrogens (tertiary/aromatic N) is 3. The molecule has 62 heavy (non-hydrogen) atoms. The van der Waals surface area contributed by atoms with E-state index < -0.39 is 0 Å². The van der Waals surface area contributed by atoms with Gasteiger partial charge in [-0.3, -0.25) is 4.98 Å². The van der Waals surface area contributed by atoms with Crippen LogP contribution in [-0.2, 0) is 7.05 Å². The van der Waals surface area contributed by atoms with Crippen molar-refractivity contribution in [3.8, 4) is 23.7 Å². The lowest BCUT2D eigenvalue weighted by molar-refractivity contribution is 0.469. The number of aryl methyl sites for hydroxylation is 5. The van der Waals surface area contributed by atoms with E-state index in [1.165, 1.54) is 27.5 Å². The second-order valence-electron chi connectivity index (χ2n) is 16.8. The van der Waals surface area contributed by atoms with E-state index in [0.29, 0.717) is 5.41 Å². The third-order valence-corrected chi connectivity index (χ3v) is 7.52. The largest absolute Gasteiger partial charge is 0.338 e. The van der Waals surface area contributed by atoms with Crippen molar-refractivity contribution in [2.45, 2.75) is 96.9 Å². The van der Waals surface area contributed by atoms with Gasteiger partial charge in [0.05, 0.1) is 0 Å². The number of hydrogen-bond donors (Lipinski definition) is 0. The van der Waals surface area contributed by atoms with Crippen molar-refractivity contribution >= 4 is 16.8 Å². The summed E-state index contributed by atoms with van der Waals surface area (Å²) in [6, 6.07) is 51.2. The predicted molar refractivity (Wildman–Crippen MR) is 275 cm³/mol. The van der Waals surface area contributed by atoms with Gasteiger partial charge in [0, 0.05) is 42.3 Å². The van der Waals surface area contributed by atoms with Crippen molar-refractivity contribution in [1.82, 2.24) is 14.5 Å². The number of allylic oxidation sites excluding steroid dienone is 1. The van der Waals surface area contributed by atoms with E-state index >= 15 is 0 Å². The normalized spacial score (nSPS) is 9.53. The molecular formula is C59H75N3. The van der Waals surface area contributed by atoms with Crippen LogP contribution in [0.25, 0.3) is 16.8 Å². The van der Waals surface area contributed by atoms with Gasteiger partial charge in [0.25, 0.3) is 0 Å². The molecule has 0 aliphatic carbocycles. The molecule has 0 unspecified atom stereocenters. The molecule has 0 aliphatic heterocycles. The molecule has 0 fully saturated rings. The van der Waals surface area contributed by atoms with Crippen molar-refractivity contribution in [2.24, 2.45) is 17.9 Å². The third-order valence-electron chi connectivity index (χ3n) is 7.52. The first-order valence-electron chi connectivity index (χ1n) is 21.3. The van der Waals surface area contributed by atoms with Gasteiger partial charge < -0.3 is 4.57 Å². The molecular weight excluding hydrogens is 751 g/mol. The first-order valence-corrected chi connectivity index (χ1v) is 21.3.